The van der Waals surface area contributed by atoms with Crippen LogP contribution in [0.25, 0.3) is 0 Å². The van der Waals surface area contributed by atoms with E-state index in [1.54, 1.807) is 6.07 Å². The Morgan fingerprint density at radius 2 is 2.22 bits per heavy atom. The smallest absolute Gasteiger partial charge is 0.335 e. The van der Waals surface area contributed by atoms with Crippen LogP contribution in [0.3, 0.4) is 0 Å². The summed E-state index contributed by atoms with van der Waals surface area (Å²) in [5.41, 5.74) is 1.01. The predicted octanol–water partition coefficient (Wildman–Crippen LogP) is 3.08. The lowest BCUT2D eigenvalue weighted by Gasteiger charge is -2.10. The van der Waals surface area contributed by atoms with Crippen LogP contribution in [0.4, 0.5) is 0 Å². The lowest BCUT2D eigenvalue weighted by Crippen LogP contribution is -2.06. The molecule has 0 spiro atoms. The van der Waals surface area contributed by atoms with Crippen LogP contribution in [0.15, 0.2) is 12.1 Å². The van der Waals surface area contributed by atoms with Crippen molar-refractivity contribution in [1.29, 1.82) is 0 Å². The Kier molecular flexibility index (Phi) is 3.84. The van der Waals surface area contributed by atoms with Crippen LogP contribution in [0, 0.1) is 5.92 Å². The van der Waals surface area contributed by atoms with E-state index < -0.39 is 5.97 Å². The minimum atomic E-state index is -0.939. The predicted molar refractivity (Wildman–Crippen MR) is 68.1 cm³/mol. The number of ether oxygens (including phenoxy) is 1. The zero-order chi connectivity index (χ0) is 13.1. The summed E-state index contributed by atoms with van der Waals surface area (Å²) in [4.78, 5) is 15.4. The molecule has 0 bridgehead atoms. The fourth-order valence-corrected chi connectivity index (χ4v) is 1.76. The van der Waals surface area contributed by atoms with E-state index in [1.165, 1.54) is 18.9 Å². The van der Waals surface area contributed by atoms with Crippen molar-refractivity contribution in [2.24, 2.45) is 5.92 Å². The van der Waals surface area contributed by atoms with Crippen molar-refractivity contribution in [3.8, 4) is 5.88 Å². The molecule has 1 aliphatic rings. The zero-order valence-electron chi connectivity index (χ0n) is 10.8. The van der Waals surface area contributed by atoms with Gasteiger partial charge in [-0.15, -0.1) is 0 Å². The molecule has 0 aromatic carbocycles. The largest absolute Gasteiger partial charge is 0.478 e. The second-order valence-corrected chi connectivity index (χ2v) is 5.16. The molecule has 0 unspecified atom stereocenters. The maximum absolute atomic E-state index is 11.0. The molecule has 1 aliphatic carbocycles. The van der Waals surface area contributed by atoms with E-state index in [1.807, 2.05) is 13.8 Å². The van der Waals surface area contributed by atoms with Gasteiger partial charge in [0.2, 0.25) is 5.88 Å². The molecule has 0 saturated heterocycles. The first-order valence-corrected chi connectivity index (χ1v) is 6.44. The van der Waals surface area contributed by atoms with Gasteiger partial charge in [0.1, 0.15) is 0 Å². The summed E-state index contributed by atoms with van der Waals surface area (Å²) in [7, 11) is 0. The number of pyridine rings is 1. The first-order valence-electron chi connectivity index (χ1n) is 6.44. The fraction of sp³-hybridized carbons (Fsp3) is 0.571. The highest BCUT2D eigenvalue weighted by Crippen LogP contribution is 2.32. The van der Waals surface area contributed by atoms with Gasteiger partial charge in [0.15, 0.2) is 0 Å². The van der Waals surface area contributed by atoms with Crippen molar-refractivity contribution in [1.82, 2.24) is 4.98 Å². The first kappa shape index (κ1) is 12.9. The van der Waals surface area contributed by atoms with E-state index in [-0.39, 0.29) is 11.5 Å². The summed E-state index contributed by atoms with van der Waals surface area (Å²) in [6.45, 7) is 4.60. The minimum absolute atomic E-state index is 0.190. The average Bonchev–Trinajstić information content (AvgIpc) is 3.12. The van der Waals surface area contributed by atoms with Gasteiger partial charge in [-0.1, -0.05) is 26.7 Å². The average molecular weight is 249 g/mol. The van der Waals surface area contributed by atoms with Gasteiger partial charge in [-0.05, 0) is 24.3 Å². The highest BCUT2D eigenvalue weighted by molar-refractivity contribution is 5.88. The Morgan fingerprint density at radius 3 is 2.78 bits per heavy atom. The standard InChI is InChI=1S/C14H19NO3/c1-9(2)12-7-11(14(16)17)8-13(15-12)18-6-5-10-3-4-10/h7-10H,3-6H2,1-2H3,(H,16,17). The van der Waals surface area contributed by atoms with Gasteiger partial charge >= 0.3 is 5.97 Å². The second-order valence-electron chi connectivity index (χ2n) is 5.16. The van der Waals surface area contributed by atoms with E-state index in [0.29, 0.717) is 12.5 Å². The third-order valence-electron chi connectivity index (χ3n) is 3.13. The van der Waals surface area contributed by atoms with Gasteiger partial charge in [-0.25, -0.2) is 9.78 Å². The van der Waals surface area contributed by atoms with Crippen LogP contribution in [-0.2, 0) is 0 Å². The number of carboxylic acids is 1. The van der Waals surface area contributed by atoms with Crippen molar-refractivity contribution >= 4 is 5.97 Å². The van der Waals surface area contributed by atoms with E-state index in [9.17, 15) is 4.79 Å². The minimum Gasteiger partial charge on any atom is -0.478 e. The normalized spacial score (nSPS) is 14.8. The van der Waals surface area contributed by atoms with Gasteiger partial charge in [-0.3, -0.25) is 0 Å². The molecule has 1 fully saturated rings. The molecule has 1 heterocycles. The molecule has 0 radical (unpaired) electrons. The zero-order valence-corrected chi connectivity index (χ0v) is 10.8. The molecule has 4 heteroatoms. The van der Waals surface area contributed by atoms with Gasteiger partial charge in [0, 0.05) is 11.8 Å². The Balaban J connectivity index is 2.08. The van der Waals surface area contributed by atoms with E-state index in [0.717, 1.165) is 18.0 Å². The number of carbonyl (C=O) groups is 1. The summed E-state index contributed by atoms with van der Waals surface area (Å²) in [6.07, 6.45) is 3.63. The summed E-state index contributed by atoms with van der Waals surface area (Å²) < 4.78 is 5.56. The van der Waals surface area contributed by atoms with Crippen LogP contribution in [-0.4, -0.2) is 22.7 Å². The Morgan fingerprint density at radius 1 is 1.50 bits per heavy atom. The highest BCUT2D eigenvalue weighted by atomic mass is 16.5. The molecular weight excluding hydrogens is 230 g/mol. The maximum atomic E-state index is 11.0. The van der Waals surface area contributed by atoms with Crippen molar-refractivity contribution in [3.63, 3.8) is 0 Å². The molecular formula is C14H19NO3. The highest BCUT2D eigenvalue weighted by Gasteiger charge is 2.21. The van der Waals surface area contributed by atoms with Crippen molar-refractivity contribution in [2.75, 3.05) is 6.61 Å². The molecule has 1 aromatic heterocycles. The van der Waals surface area contributed by atoms with E-state index in [4.69, 9.17) is 9.84 Å². The van der Waals surface area contributed by atoms with Crippen LogP contribution in [0.1, 0.15) is 55.1 Å². The van der Waals surface area contributed by atoms with Crippen molar-refractivity contribution in [2.45, 2.75) is 39.0 Å². The Labute approximate surface area is 107 Å². The summed E-state index contributed by atoms with van der Waals surface area (Å²) in [5, 5.41) is 9.06. The molecule has 1 aromatic rings. The molecule has 98 valence electrons. The van der Waals surface area contributed by atoms with Gasteiger partial charge in [-0.2, -0.15) is 0 Å². The quantitative estimate of drug-likeness (QED) is 0.841. The molecule has 1 saturated carbocycles. The molecule has 2 rings (SSSR count). The van der Waals surface area contributed by atoms with Crippen molar-refractivity contribution in [3.05, 3.63) is 23.4 Å². The molecule has 18 heavy (non-hydrogen) atoms. The second kappa shape index (κ2) is 5.38. The van der Waals surface area contributed by atoms with Gasteiger partial charge in [0.25, 0.3) is 0 Å². The summed E-state index contributed by atoms with van der Waals surface area (Å²) in [5.74, 6) is 0.484. The van der Waals surface area contributed by atoms with E-state index >= 15 is 0 Å². The number of aromatic nitrogens is 1. The van der Waals surface area contributed by atoms with Gasteiger partial charge in [0.05, 0.1) is 12.2 Å². The Hall–Kier alpha value is -1.58. The number of aromatic carboxylic acids is 1. The van der Waals surface area contributed by atoms with Crippen LogP contribution in [0.2, 0.25) is 0 Å². The third-order valence-corrected chi connectivity index (χ3v) is 3.13. The lowest BCUT2D eigenvalue weighted by atomic mass is 10.1. The fourth-order valence-electron chi connectivity index (χ4n) is 1.76. The monoisotopic (exact) mass is 249 g/mol. The van der Waals surface area contributed by atoms with Crippen LogP contribution < -0.4 is 4.74 Å². The van der Waals surface area contributed by atoms with Gasteiger partial charge < -0.3 is 9.84 Å². The molecule has 1 N–H and O–H groups in total. The number of rotatable bonds is 6. The SMILES string of the molecule is CC(C)c1cc(C(=O)O)cc(OCCC2CC2)n1. The molecule has 0 aliphatic heterocycles. The molecule has 0 amide bonds. The number of carboxylic acid groups (broad SMARTS) is 1. The maximum Gasteiger partial charge on any atom is 0.335 e. The first-order chi connectivity index (χ1) is 8.56. The van der Waals surface area contributed by atoms with Crippen LogP contribution in [0.5, 0.6) is 5.88 Å². The number of nitrogens with zero attached hydrogens (tertiary/aromatic N) is 1. The lowest BCUT2D eigenvalue weighted by molar-refractivity contribution is 0.0696. The summed E-state index contributed by atoms with van der Waals surface area (Å²) in [6, 6.07) is 3.11. The number of hydrogen-bond donors (Lipinski definition) is 1. The van der Waals surface area contributed by atoms with Crippen molar-refractivity contribution < 1.29 is 14.6 Å². The number of hydrogen-bond acceptors (Lipinski definition) is 3. The van der Waals surface area contributed by atoms with E-state index in [2.05, 4.69) is 4.98 Å². The molecule has 4 nitrogen and oxygen atoms in total. The van der Waals surface area contributed by atoms with Crippen LogP contribution >= 0.6 is 0 Å². The molecule has 0 atom stereocenters. The Bertz CT molecular complexity index is 439. The topological polar surface area (TPSA) is 59.4 Å². The summed E-state index contributed by atoms with van der Waals surface area (Å²) >= 11 is 0. The third kappa shape index (κ3) is 3.45.